The molecule has 8 heteroatoms. The number of ether oxygens (including phenoxy) is 4. The van der Waals surface area contributed by atoms with E-state index in [2.05, 4.69) is 13.8 Å². The molecule has 50 heavy (non-hydrogen) atoms. The first-order chi connectivity index (χ1) is 24.4. The number of anilines is 2. The summed E-state index contributed by atoms with van der Waals surface area (Å²) in [5.74, 6) is 1.59. The van der Waals surface area contributed by atoms with Gasteiger partial charge in [0.2, 0.25) is 0 Å². The van der Waals surface area contributed by atoms with Crippen LogP contribution in [-0.4, -0.2) is 24.8 Å². The number of hydrogen-bond donors (Lipinski definition) is 2. The number of fused-ring (bicyclic) bond motifs is 2. The van der Waals surface area contributed by atoms with Gasteiger partial charge in [-0.1, -0.05) is 102 Å². The average molecular weight is 679 g/mol. The highest BCUT2D eigenvalue weighted by molar-refractivity contribution is 6.32. The van der Waals surface area contributed by atoms with Gasteiger partial charge in [0.05, 0.1) is 35.7 Å². The number of unbranched alkanes of at least 4 members (excludes halogenated alkanes) is 10. The molecule has 0 amide bonds. The van der Waals surface area contributed by atoms with E-state index in [-0.39, 0.29) is 45.1 Å². The van der Waals surface area contributed by atoms with Gasteiger partial charge in [-0.25, -0.2) is 0 Å². The maximum Gasteiger partial charge on any atom is 0.196 e. The molecule has 0 saturated heterocycles. The lowest BCUT2D eigenvalue weighted by atomic mass is 9.82. The number of carbonyl (C=O) groups is 2. The zero-order valence-corrected chi connectivity index (χ0v) is 29.4. The van der Waals surface area contributed by atoms with Gasteiger partial charge in [0.15, 0.2) is 23.1 Å². The average Bonchev–Trinajstić information content (AvgIpc) is 3.14. The van der Waals surface area contributed by atoms with Crippen molar-refractivity contribution in [2.75, 3.05) is 24.7 Å². The maximum absolute atomic E-state index is 13.7. The first kappa shape index (κ1) is 36.3. The van der Waals surface area contributed by atoms with Crippen molar-refractivity contribution in [3.8, 4) is 34.5 Å². The van der Waals surface area contributed by atoms with Crippen LogP contribution in [0.5, 0.6) is 34.5 Å². The monoisotopic (exact) mass is 678 g/mol. The molecular formula is C42H50N2O6. The highest BCUT2D eigenvalue weighted by Crippen LogP contribution is 2.50. The summed E-state index contributed by atoms with van der Waals surface area (Å²) in [6.07, 6.45) is 14.2. The summed E-state index contributed by atoms with van der Waals surface area (Å²) in [7, 11) is 0. The highest BCUT2D eigenvalue weighted by Gasteiger charge is 2.37. The maximum atomic E-state index is 13.7. The molecule has 264 valence electrons. The van der Waals surface area contributed by atoms with Gasteiger partial charge < -0.3 is 30.4 Å². The van der Waals surface area contributed by atoms with E-state index in [0.29, 0.717) is 24.7 Å². The molecule has 4 aromatic carbocycles. The van der Waals surface area contributed by atoms with Crippen LogP contribution in [-0.2, 0) is 0 Å². The Bertz CT molecular complexity index is 1610. The summed E-state index contributed by atoms with van der Waals surface area (Å²) in [4.78, 5) is 27.5. The summed E-state index contributed by atoms with van der Waals surface area (Å²) >= 11 is 0. The Balaban J connectivity index is 1.36. The first-order valence-electron chi connectivity index (χ1n) is 18.2. The Hall–Kier alpha value is -4.98. The molecule has 4 aromatic rings. The number of hydrogen-bond acceptors (Lipinski definition) is 8. The molecule has 0 bridgehead atoms. The molecule has 8 nitrogen and oxygen atoms in total. The SMILES string of the molecule is CCCCCCCCOc1ccc(Oc2c(N)c3c(c(N)c2Oc2ccc(OCCCCCCCC)cc2)C(=O)c2ccccc2C3=O)cc1. The van der Waals surface area contributed by atoms with Gasteiger partial charge in [0.25, 0.3) is 0 Å². The van der Waals surface area contributed by atoms with Gasteiger partial charge in [-0.15, -0.1) is 0 Å². The van der Waals surface area contributed by atoms with Crippen LogP contribution in [0.15, 0.2) is 72.8 Å². The molecule has 0 fully saturated rings. The molecule has 0 unspecified atom stereocenters. The molecule has 1 aliphatic rings. The van der Waals surface area contributed by atoms with Crippen LogP contribution in [0.1, 0.15) is 123 Å². The number of nitrogen functional groups attached to an aromatic ring is 2. The van der Waals surface area contributed by atoms with Crippen LogP contribution in [0, 0.1) is 0 Å². The third-order valence-electron chi connectivity index (χ3n) is 8.98. The summed E-state index contributed by atoms with van der Waals surface area (Å²) < 4.78 is 24.5. The van der Waals surface area contributed by atoms with Gasteiger partial charge in [0, 0.05) is 11.1 Å². The Morgan fingerprint density at radius 3 is 1.18 bits per heavy atom. The van der Waals surface area contributed by atoms with Crippen LogP contribution >= 0.6 is 0 Å². The Labute approximate surface area is 296 Å². The zero-order chi connectivity index (χ0) is 35.3. The molecule has 0 atom stereocenters. The van der Waals surface area contributed by atoms with Gasteiger partial charge in [-0.2, -0.15) is 0 Å². The van der Waals surface area contributed by atoms with Crippen LogP contribution < -0.4 is 30.4 Å². The Kier molecular flexibility index (Phi) is 13.2. The predicted molar refractivity (Wildman–Crippen MR) is 199 cm³/mol. The molecular weight excluding hydrogens is 628 g/mol. The summed E-state index contributed by atoms with van der Waals surface area (Å²) in [5, 5.41) is 0. The third kappa shape index (κ3) is 8.97. The topological polar surface area (TPSA) is 123 Å². The summed E-state index contributed by atoms with van der Waals surface area (Å²) in [6, 6.07) is 20.9. The highest BCUT2D eigenvalue weighted by atomic mass is 16.5. The molecule has 5 rings (SSSR count). The minimum Gasteiger partial charge on any atom is -0.494 e. The third-order valence-corrected chi connectivity index (χ3v) is 8.98. The van der Waals surface area contributed by atoms with Crippen molar-refractivity contribution in [3.63, 3.8) is 0 Å². The molecule has 4 N–H and O–H groups in total. The number of carbonyl (C=O) groups excluding carboxylic acids is 2. The fraction of sp³-hybridized carbons (Fsp3) is 0.381. The van der Waals surface area contributed by atoms with E-state index in [1.165, 1.54) is 51.4 Å². The molecule has 1 aliphatic carbocycles. The van der Waals surface area contributed by atoms with E-state index in [1.807, 2.05) is 24.3 Å². The lowest BCUT2D eigenvalue weighted by molar-refractivity contribution is 0.0980. The smallest absolute Gasteiger partial charge is 0.196 e. The zero-order valence-electron chi connectivity index (χ0n) is 29.4. The van der Waals surface area contributed by atoms with Crippen LogP contribution in [0.25, 0.3) is 0 Å². The Morgan fingerprint density at radius 2 is 0.800 bits per heavy atom. The quantitative estimate of drug-likeness (QED) is 0.0616. The minimum atomic E-state index is -0.402. The van der Waals surface area contributed by atoms with Crippen molar-refractivity contribution in [2.24, 2.45) is 0 Å². The number of benzene rings is 4. The van der Waals surface area contributed by atoms with Crippen LogP contribution in [0.4, 0.5) is 11.4 Å². The van der Waals surface area contributed by atoms with Crippen LogP contribution in [0.2, 0.25) is 0 Å². The van der Waals surface area contributed by atoms with Crippen molar-refractivity contribution >= 4 is 22.9 Å². The fourth-order valence-electron chi connectivity index (χ4n) is 6.15. The molecule has 0 spiro atoms. The molecule has 0 radical (unpaired) electrons. The molecule has 0 saturated carbocycles. The molecule has 0 aliphatic heterocycles. The van der Waals surface area contributed by atoms with Crippen molar-refractivity contribution in [2.45, 2.75) is 90.9 Å². The minimum absolute atomic E-state index is 0.00545. The number of ketones is 2. The van der Waals surface area contributed by atoms with Crippen LogP contribution in [0.3, 0.4) is 0 Å². The van der Waals surface area contributed by atoms with Crippen molar-refractivity contribution < 1.29 is 28.5 Å². The molecule has 0 heterocycles. The Morgan fingerprint density at radius 1 is 0.460 bits per heavy atom. The second-order valence-corrected chi connectivity index (χ2v) is 12.8. The number of rotatable bonds is 20. The normalized spacial score (nSPS) is 12.0. The second kappa shape index (κ2) is 18.1. The molecule has 0 aromatic heterocycles. The van der Waals surface area contributed by atoms with Gasteiger partial charge >= 0.3 is 0 Å². The van der Waals surface area contributed by atoms with Gasteiger partial charge in [-0.05, 0) is 61.4 Å². The largest absolute Gasteiger partial charge is 0.494 e. The lowest BCUT2D eigenvalue weighted by Gasteiger charge is -2.25. The van der Waals surface area contributed by atoms with Crippen molar-refractivity contribution in [1.82, 2.24) is 0 Å². The van der Waals surface area contributed by atoms with Crippen molar-refractivity contribution in [1.29, 1.82) is 0 Å². The predicted octanol–water partition coefficient (Wildman–Crippen LogP) is 10.7. The van der Waals surface area contributed by atoms with E-state index >= 15 is 0 Å². The van der Waals surface area contributed by atoms with Gasteiger partial charge in [-0.3, -0.25) is 9.59 Å². The number of nitrogens with two attached hydrogens (primary N) is 2. The summed E-state index contributed by atoms with van der Waals surface area (Å²) in [5.41, 5.74) is 13.9. The second-order valence-electron chi connectivity index (χ2n) is 12.8. The summed E-state index contributed by atoms with van der Waals surface area (Å²) in [6.45, 7) is 5.70. The van der Waals surface area contributed by atoms with Gasteiger partial charge in [0.1, 0.15) is 23.0 Å². The van der Waals surface area contributed by atoms with E-state index in [4.69, 9.17) is 30.4 Å². The standard InChI is InChI=1S/C42H50N2O6/c1-3-5-7-9-11-15-27-47-29-19-23-31(24-20-29)49-41-37(43)35-36(40(46)34-18-14-13-17-33(34)39(35)45)38(44)42(41)50-32-25-21-30(22-26-32)48-28-16-12-10-8-6-4-2/h13-14,17-26H,3-12,15-16,27-28,43-44H2,1-2H3. The van der Waals surface area contributed by atoms with E-state index < -0.39 is 11.6 Å². The fourth-order valence-corrected chi connectivity index (χ4v) is 6.15. The van der Waals surface area contributed by atoms with Crippen molar-refractivity contribution in [3.05, 3.63) is 95.1 Å². The first-order valence-corrected chi connectivity index (χ1v) is 18.2. The lowest BCUT2D eigenvalue weighted by Crippen LogP contribution is -2.24. The van der Waals surface area contributed by atoms with E-state index in [1.54, 1.807) is 48.5 Å². The van der Waals surface area contributed by atoms with E-state index in [0.717, 1.165) is 37.2 Å². The van der Waals surface area contributed by atoms with E-state index in [9.17, 15) is 9.59 Å².